The van der Waals surface area contributed by atoms with Crippen molar-refractivity contribution in [3.05, 3.63) is 23.4 Å². The minimum absolute atomic E-state index is 0.155. The zero-order chi connectivity index (χ0) is 11.3. The fraction of sp³-hybridized carbons (Fsp3) is 0.545. The Hall–Kier alpha value is -0.470. The van der Waals surface area contributed by atoms with Crippen molar-refractivity contribution in [3.63, 3.8) is 0 Å². The molecule has 0 amide bonds. The van der Waals surface area contributed by atoms with Crippen LogP contribution < -0.4 is 5.32 Å². The van der Waals surface area contributed by atoms with Gasteiger partial charge in [0.1, 0.15) is 5.82 Å². The molecule has 0 aliphatic heterocycles. The van der Waals surface area contributed by atoms with Gasteiger partial charge in [0.25, 0.3) is 0 Å². The van der Waals surface area contributed by atoms with Crippen LogP contribution in [0.2, 0.25) is 5.02 Å². The van der Waals surface area contributed by atoms with Gasteiger partial charge in [-0.2, -0.15) is 0 Å². The van der Waals surface area contributed by atoms with Crippen LogP contribution in [0.15, 0.2) is 18.3 Å². The Morgan fingerprint density at radius 3 is 2.80 bits per heavy atom. The van der Waals surface area contributed by atoms with Crippen molar-refractivity contribution in [2.45, 2.75) is 20.3 Å². The molecule has 0 saturated carbocycles. The van der Waals surface area contributed by atoms with E-state index in [1.54, 1.807) is 6.20 Å². The van der Waals surface area contributed by atoms with Crippen molar-refractivity contribution in [1.29, 1.82) is 0 Å². The lowest BCUT2D eigenvalue weighted by atomic mass is 9.90. The summed E-state index contributed by atoms with van der Waals surface area (Å²) >= 11 is 11.7. The van der Waals surface area contributed by atoms with Crippen molar-refractivity contribution in [2.75, 3.05) is 17.7 Å². The molecule has 0 unspecified atom stereocenters. The lowest BCUT2D eigenvalue weighted by Gasteiger charge is -2.24. The molecule has 0 saturated heterocycles. The van der Waals surface area contributed by atoms with Gasteiger partial charge in [0.2, 0.25) is 0 Å². The molecule has 1 aromatic rings. The largest absolute Gasteiger partial charge is 0.368 e. The van der Waals surface area contributed by atoms with Crippen LogP contribution in [0.5, 0.6) is 0 Å². The van der Waals surface area contributed by atoms with Crippen LogP contribution in [-0.4, -0.2) is 17.4 Å². The van der Waals surface area contributed by atoms with Crippen molar-refractivity contribution in [1.82, 2.24) is 4.98 Å². The highest BCUT2D eigenvalue weighted by Crippen LogP contribution is 2.23. The monoisotopic (exact) mass is 246 g/mol. The molecule has 0 aromatic carbocycles. The lowest BCUT2D eigenvalue weighted by Crippen LogP contribution is -2.24. The highest BCUT2D eigenvalue weighted by molar-refractivity contribution is 6.32. The van der Waals surface area contributed by atoms with Crippen LogP contribution in [0.4, 0.5) is 5.82 Å². The summed E-state index contributed by atoms with van der Waals surface area (Å²) in [4.78, 5) is 4.17. The number of pyridine rings is 1. The SMILES string of the molecule is CC(C)(CCCl)CNc1ncccc1Cl. The van der Waals surface area contributed by atoms with Gasteiger partial charge in [0, 0.05) is 18.6 Å². The normalized spacial score (nSPS) is 11.5. The molecular formula is C11H16Cl2N2. The van der Waals surface area contributed by atoms with Crippen LogP contribution >= 0.6 is 23.2 Å². The molecule has 0 atom stereocenters. The number of halogens is 2. The number of hydrogen-bond acceptors (Lipinski definition) is 2. The molecule has 0 aliphatic carbocycles. The summed E-state index contributed by atoms with van der Waals surface area (Å²) in [5.74, 6) is 1.41. The highest BCUT2D eigenvalue weighted by Gasteiger charge is 2.17. The van der Waals surface area contributed by atoms with Crippen LogP contribution in [0, 0.1) is 5.41 Å². The molecular weight excluding hydrogens is 231 g/mol. The second-order valence-electron chi connectivity index (χ2n) is 4.29. The number of nitrogens with zero attached hydrogens (tertiary/aromatic N) is 1. The van der Waals surface area contributed by atoms with Crippen molar-refractivity contribution in [3.8, 4) is 0 Å². The molecule has 1 N–H and O–H groups in total. The van der Waals surface area contributed by atoms with Crippen molar-refractivity contribution >= 4 is 29.0 Å². The number of hydrogen-bond donors (Lipinski definition) is 1. The smallest absolute Gasteiger partial charge is 0.144 e. The zero-order valence-corrected chi connectivity index (χ0v) is 10.6. The van der Waals surface area contributed by atoms with E-state index in [2.05, 4.69) is 24.1 Å². The molecule has 0 radical (unpaired) electrons. The third-order valence-corrected chi connectivity index (χ3v) is 2.76. The average Bonchev–Trinajstić information content (AvgIpc) is 2.16. The quantitative estimate of drug-likeness (QED) is 0.800. The predicted octanol–water partition coefficient (Wildman–Crippen LogP) is 3.80. The van der Waals surface area contributed by atoms with Gasteiger partial charge in [0.15, 0.2) is 0 Å². The maximum Gasteiger partial charge on any atom is 0.144 e. The number of anilines is 1. The van der Waals surface area contributed by atoms with Crippen LogP contribution in [0.25, 0.3) is 0 Å². The second kappa shape index (κ2) is 5.57. The summed E-state index contributed by atoms with van der Waals surface area (Å²) in [5.41, 5.74) is 0.155. The molecule has 1 aromatic heterocycles. The number of alkyl halides is 1. The van der Waals surface area contributed by atoms with Crippen molar-refractivity contribution in [2.24, 2.45) is 5.41 Å². The standard InChI is InChI=1S/C11H16Cl2N2/c1-11(2,5-6-12)8-15-10-9(13)4-3-7-14-10/h3-4,7H,5-6,8H2,1-2H3,(H,14,15). The minimum atomic E-state index is 0.155. The number of aromatic nitrogens is 1. The Bertz CT molecular complexity index is 313. The summed E-state index contributed by atoms with van der Waals surface area (Å²) in [6.45, 7) is 5.15. The molecule has 15 heavy (non-hydrogen) atoms. The molecule has 1 rings (SSSR count). The maximum absolute atomic E-state index is 5.98. The molecule has 84 valence electrons. The summed E-state index contributed by atoms with van der Waals surface area (Å²) in [5, 5.41) is 3.89. The zero-order valence-electron chi connectivity index (χ0n) is 9.06. The third-order valence-electron chi connectivity index (χ3n) is 2.26. The molecule has 0 spiro atoms. The fourth-order valence-corrected chi connectivity index (χ4v) is 1.88. The maximum atomic E-state index is 5.98. The first-order chi connectivity index (χ1) is 7.05. The molecule has 0 bridgehead atoms. The van der Waals surface area contributed by atoms with Crippen molar-refractivity contribution < 1.29 is 0 Å². The summed E-state index contributed by atoms with van der Waals surface area (Å²) in [7, 11) is 0. The van der Waals surface area contributed by atoms with E-state index in [4.69, 9.17) is 23.2 Å². The Kier molecular flexibility index (Phi) is 4.68. The summed E-state index contributed by atoms with van der Waals surface area (Å²) in [6, 6.07) is 3.64. The Morgan fingerprint density at radius 1 is 1.47 bits per heavy atom. The summed E-state index contributed by atoms with van der Waals surface area (Å²) < 4.78 is 0. The van der Waals surface area contributed by atoms with Gasteiger partial charge in [-0.05, 0) is 24.0 Å². The van der Waals surface area contributed by atoms with E-state index in [-0.39, 0.29) is 5.41 Å². The topological polar surface area (TPSA) is 24.9 Å². The third kappa shape index (κ3) is 4.27. The molecule has 0 fully saturated rings. The van der Waals surface area contributed by atoms with Gasteiger partial charge in [-0.25, -0.2) is 4.98 Å². The van der Waals surface area contributed by atoms with E-state index in [9.17, 15) is 0 Å². The average molecular weight is 247 g/mol. The molecule has 0 aliphatic rings. The molecule has 1 heterocycles. The lowest BCUT2D eigenvalue weighted by molar-refractivity contribution is 0.379. The van der Waals surface area contributed by atoms with E-state index >= 15 is 0 Å². The Balaban J connectivity index is 2.53. The minimum Gasteiger partial charge on any atom is -0.368 e. The van der Waals surface area contributed by atoms with Gasteiger partial charge in [-0.3, -0.25) is 0 Å². The van der Waals surface area contributed by atoms with Crippen LogP contribution in [0.3, 0.4) is 0 Å². The van der Waals surface area contributed by atoms with Gasteiger partial charge in [-0.1, -0.05) is 25.4 Å². The predicted molar refractivity (Wildman–Crippen MR) is 66.9 cm³/mol. The van der Waals surface area contributed by atoms with Gasteiger partial charge >= 0.3 is 0 Å². The number of nitrogens with one attached hydrogen (secondary N) is 1. The van der Waals surface area contributed by atoms with Gasteiger partial charge in [0.05, 0.1) is 5.02 Å². The van der Waals surface area contributed by atoms with Gasteiger partial charge < -0.3 is 5.32 Å². The second-order valence-corrected chi connectivity index (χ2v) is 5.08. The highest BCUT2D eigenvalue weighted by atomic mass is 35.5. The fourth-order valence-electron chi connectivity index (χ4n) is 1.18. The van der Waals surface area contributed by atoms with E-state index in [1.807, 2.05) is 12.1 Å². The first-order valence-electron chi connectivity index (χ1n) is 4.95. The number of rotatable bonds is 5. The Labute approximate surface area is 101 Å². The van der Waals surface area contributed by atoms with Gasteiger partial charge in [-0.15, -0.1) is 11.6 Å². The Morgan fingerprint density at radius 2 is 2.20 bits per heavy atom. The van der Waals surface area contributed by atoms with E-state index in [0.29, 0.717) is 10.9 Å². The van der Waals surface area contributed by atoms with Crippen LogP contribution in [-0.2, 0) is 0 Å². The van der Waals surface area contributed by atoms with E-state index in [1.165, 1.54) is 0 Å². The molecule has 2 nitrogen and oxygen atoms in total. The molecule has 4 heteroatoms. The van der Waals surface area contributed by atoms with E-state index < -0.39 is 0 Å². The first kappa shape index (κ1) is 12.6. The first-order valence-corrected chi connectivity index (χ1v) is 5.87. The van der Waals surface area contributed by atoms with E-state index in [0.717, 1.165) is 18.8 Å². The van der Waals surface area contributed by atoms with Crippen LogP contribution in [0.1, 0.15) is 20.3 Å². The summed E-state index contributed by atoms with van der Waals surface area (Å²) in [6.07, 6.45) is 2.69.